The van der Waals surface area contributed by atoms with Crippen LogP contribution in [0.4, 0.5) is 0 Å². The molecule has 0 spiro atoms. The number of phosphoric acid groups is 1. The van der Waals surface area contributed by atoms with Crippen LogP contribution in [0.3, 0.4) is 0 Å². The van der Waals surface area contributed by atoms with Crippen LogP contribution in [0.15, 0.2) is 48.6 Å². The fraction of sp³-hybridized carbons (Fsp3) is 0.773. The summed E-state index contributed by atoms with van der Waals surface area (Å²) in [6.45, 7) is 3.62. The number of rotatable bonds is 39. The van der Waals surface area contributed by atoms with E-state index in [-0.39, 0.29) is 19.4 Å². The Labute approximate surface area is 324 Å². The molecular formula is C44H79O8P. The average molecular weight is 767 g/mol. The summed E-state index contributed by atoms with van der Waals surface area (Å²) in [4.78, 5) is 42.8. The summed E-state index contributed by atoms with van der Waals surface area (Å²) >= 11 is 0. The van der Waals surface area contributed by atoms with Gasteiger partial charge in [0.05, 0.1) is 6.61 Å². The number of ether oxygens (including phenoxy) is 2. The Balaban J connectivity index is 3.92. The van der Waals surface area contributed by atoms with Crippen molar-refractivity contribution in [3.8, 4) is 0 Å². The minimum Gasteiger partial charge on any atom is -0.462 e. The molecule has 0 amide bonds. The third-order valence-corrected chi connectivity index (χ3v) is 9.56. The highest BCUT2D eigenvalue weighted by Crippen LogP contribution is 2.36. The number of carbonyl (C=O) groups excluding carboxylic acids is 2. The molecule has 0 heterocycles. The molecule has 0 aliphatic rings. The van der Waals surface area contributed by atoms with Crippen LogP contribution in [0.5, 0.6) is 0 Å². The first-order valence-electron chi connectivity index (χ1n) is 21.4. The smallest absolute Gasteiger partial charge is 0.462 e. The van der Waals surface area contributed by atoms with Crippen molar-refractivity contribution in [1.29, 1.82) is 0 Å². The quantitative estimate of drug-likeness (QED) is 0.0275. The zero-order valence-electron chi connectivity index (χ0n) is 33.9. The van der Waals surface area contributed by atoms with Crippen molar-refractivity contribution in [3.05, 3.63) is 48.6 Å². The van der Waals surface area contributed by atoms with Crippen molar-refractivity contribution >= 4 is 19.8 Å². The molecule has 9 heteroatoms. The van der Waals surface area contributed by atoms with Crippen LogP contribution in [0.2, 0.25) is 0 Å². The molecule has 0 radical (unpaired) electrons. The van der Waals surface area contributed by atoms with Gasteiger partial charge in [-0.1, -0.05) is 165 Å². The molecule has 1 unspecified atom stereocenters. The molecule has 0 saturated carbocycles. The lowest BCUT2D eigenvalue weighted by atomic mass is 10.1. The van der Waals surface area contributed by atoms with Crippen LogP contribution in [0.25, 0.3) is 0 Å². The molecule has 0 bridgehead atoms. The van der Waals surface area contributed by atoms with E-state index >= 15 is 0 Å². The van der Waals surface area contributed by atoms with Crippen molar-refractivity contribution in [2.45, 2.75) is 206 Å². The Morgan fingerprint density at radius 2 is 0.868 bits per heavy atom. The SMILES string of the molecule is CCCC/C=C\C/C=C\CCCCCCCC(=O)OCC(COP(=O)(O)O)OC(=O)CCCCCCCCCCC/C=C\C/C=C\CCCCCCC. The summed E-state index contributed by atoms with van der Waals surface area (Å²) in [6.07, 6.45) is 48.3. The Kier molecular flexibility index (Phi) is 38.2. The van der Waals surface area contributed by atoms with Gasteiger partial charge in [0.15, 0.2) is 6.10 Å². The number of hydrogen-bond acceptors (Lipinski definition) is 6. The summed E-state index contributed by atoms with van der Waals surface area (Å²) in [5.41, 5.74) is 0. The third kappa shape index (κ3) is 42.6. The van der Waals surface area contributed by atoms with Crippen LogP contribution in [-0.2, 0) is 28.2 Å². The predicted octanol–water partition coefficient (Wildman–Crippen LogP) is 13.1. The molecule has 53 heavy (non-hydrogen) atoms. The fourth-order valence-corrected chi connectivity index (χ4v) is 6.19. The monoisotopic (exact) mass is 767 g/mol. The molecule has 0 rings (SSSR count). The van der Waals surface area contributed by atoms with Gasteiger partial charge in [-0.2, -0.15) is 0 Å². The Bertz CT molecular complexity index is 999. The van der Waals surface area contributed by atoms with Crippen LogP contribution in [-0.4, -0.2) is 41.0 Å². The largest absolute Gasteiger partial charge is 0.469 e. The minimum atomic E-state index is -4.76. The van der Waals surface area contributed by atoms with E-state index in [4.69, 9.17) is 19.3 Å². The maximum atomic E-state index is 12.4. The molecule has 0 fully saturated rings. The second-order valence-corrected chi connectivity index (χ2v) is 15.5. The van der Waals surface area contributed by atoms with E-state index in [1.165, 1.54) is 83.5 Å². The molecule has 8 nitrogen and oxygen atoms in total. The van der Waals surface area contributed by atoms with Gasteiger partial charge in [0.25, 0.3) is 0 Å². The van der Waals surface area contributed by atoms with Gasteiger partial charge in [0, 0.05) is 12.8 Å². The number of carbonyl (C=O) groups is 2. The van der Waals surface area contributed by atoms with E-state index in [1.807, 2.05) is 0 Å². The number of allylic oxidation sites excluding steroid dienone is 8. The summed E-state index contributed by atoms with van der Waals surface area (Å²) in [6, 6.07) is 0. The summed E-state index contributed by atoms with van der Waals surface area (Å²) in [7, 11) is -4.76. The van der Waals surface area contributed by atoms with E-state index in [0.717, 1.165) is 77.0 Å². The van der Waals surface area contributed by atoms with Gasteiger partial charge in [-0.3, -0.25) is 14.1 Å². The second kappa shape index (κ2) is 39.7. The summed E-state index contributed by atoms with van der Waals surface area (Å²) in [5, 5.41) is 0. The van der Waals surface area contributed by atoms with Gasteiger partial charge in [0.1, 0.15) is 6.61 Å². The van der Waals surface area contributed by atoms with Crippen LogP contribution < -0.4 is 0 Å². The Hall–Kier alpha value is -1.99. The van der Waals surface area contributed by atoms with Crippen molar-refractivity contribution in [3.63, 3.8) is 0 Å². The number of hydrogen-bond donors (Lipinski definition) is 2. The average Bonchev–Trinajstić information content (AvgIpc) is 3.13. The van der Waals surface area contributed by atoms with E-state index in [2.05, 4.69) is 67.0 Å². The van der Waals surface area contributed by atoms with Gasteiger partial charge < -0.3 is 19.3 Å². The molecule has 0 aliphatic carbocycles. The van der Waals surface area contributed by atoms with E-state index in [0.29, 0.717) is 12.8 Å². The highest BCUT2D eigenvalue weighted by atomic mass is 31.2. The van der Waals surface area contributed by atoms with Gasteiger partial charge in [-0.05, 0) is 70.6 Å². The highest BCUT2D eigenvalue weighted by Gasteiger charge is 2.22. The number of esters is 2. The molecular weight excluding hydrogens is 687 g/mol. The zero-order valence-corrected chi connectivity index (χ0v) is 34.8. The van der Waals surface area contributed by atoms with E-state index < -0.39 is 32.5 Å². The highest BCUT2D eigenvalue weighted by molar-refractivity contribution is 7.46. The van der Waals surface area contributed by atoms with Crippen LogP contribution in [0, 0.1) is 0 Å². The lowest BCUT2D eigenvalue weighted by Gasteiger charge is -2.18. The molecule has 2 N–H and O–H groups in total. The van der Waals surface area contributed by atoms with Crippen molar-refractivity contribution in [1.82, 2.24) is 0 Å². The molecule has 0 aliphatic heterocycles. The zero-order chi connectivity index (χ0) is 38.9. The van der Waals surface area contributed by atoms with Crippen molar-refractivity contribution < 1.29 is 37.9 Å². The normalized spacial score (nSPS) is 12.9. The van der Waals surface area contributed by atoms with E-state index in [1.54, 1.807) is 0 Å². The van der Waals surface area contributed by atoms with Gasteiger partial charge >= 0.3 is 19.8 Å². The summed E-state index contributed by atoms with van der Waals surface area (Å²) in [5.74, 6) is -0.905. The predicted molar refractivity (Wildman–Crippen MR) is 221 cm³/mol. The molecule has 0 saturated heterocycles. The second-order valence-electron chi connectivity index (χ2n) is 14.3. The fourth-order valence-electron chi connectivity index (χ4n) is 5.83. The van der Waals surface area contributed by atoms with Gasteiger partial charge in [0.2, 0.25) is 0 Å². The first-order valence-corrected chi connectivity index (χ1v) is 23.0. The van der Waals surface area contributed by atoms with Gasteiger partial charge in [-0.25, -0.2) is 4.57 Å². The molecule has 1 atom stereocenters. The number of unbranched alkanes of at least 4 members (excludes halogenated alkanes) is 21. The first-order chi connectivity index (χ1) is 25.8. The van der Waals surface area contributed by atoms with Crippen LogP contribution >= 0.6 is 7.82 Å². The summed E-state index contributed by atoms with van der Waals surface area (Å²) < 4.78 is 26.4. The lowest BCUT2D eigenvalue weighted by Crippen LogP contribution is -2.29. The van der Waals surface area contributed by atoms with Gasteiger partial charge in [-0.15, -0.1) is 0 Å². The third-order valence-electron chi connectivity index (χ3n) is 9.07. The van der Waals surface area contributed by atoms with Crippen LogP contribution in [0.1, 0.15) is 200 Å². The standard InChI is InChI=1S/C44H79O8P/c1-3-5-7-9-11-13-15-17-19-20-21-22-23-24-25-27-29-31-33-35-37-39-44(46)52-42(41-51-53(47,48)49)40-50-43(45)38-36-34-32-30-28-26-18-16-14-12-10-8-6-4-2/h10,12,15-18,20-21,42H,3-9,11,13-14,19,22-41H2,1-2H3,(H2,47,48,49)/b12-10-,17-15-,18-16-,21-20-. The number of phosphoric ester groups is 1. The lowest BCUT2D eigenvalue weighted by molar-refractivity contribution is -0.161. The molecule has 0 aromatic heterocycles. The van der Waals surface area contributed by atoms with Crippen molar-refractivity contribution in [2.75, 3.05) is 13.2 Å². The van der Waals surface area contributed by atoms with E-state index in [9.17, 15) is 14.2 Å². The maximum Gasteiger partial charge on any atom is 0.469 e. The Morgan fingerprint density at radius 3 is 1.30 bits per heavy atom. The minimum absolute atomic E-state index is 0.203. The first kappa shape index (κ1) is 51.0. The molecule has 308 valence electrons. The topological polar surface area (TPSA) is 119 Å². The Morgan fingerprint density at radius 1 is 0.491 bits per heavy atom. The maximum absolute atomic E-state index is 12.4. The molecule has 0 aromatic carbocycles. The van der Waals surface area contributed by atoms with Crippen molar-refractivity contribution in [2.24, 2.45) is 0 Å². The molecule has 0 aromatic rings.